The SMILES string of the molecule is CC1(C)CC2CCCOc3cccc(n3)S(=O)(=O)NC(=O)c3ccc(-n4ccc(OCCC5(NC(F)(F)F)CC5)n4)nc3N1C2. The van der Waals surface area contributed by atoms with Gasteiger partial charge in [-0.05, 0) is 76.5 Å². The topological polar surface area (TPSA) is 141 Å². The van der Waals surface area contributed by atoms with Crippen molar-refractivity contribution in [3.8, 4) is 17.6 Å². The maximum atomic E-state index is 13.5. The fraction of sp³-hybridized carbons (Fsp3) is 0.517. The van der Waals surface area contributed by atoms with Crippen LogP contribution in [-0.4, -0.2) is 71.2 Å². The van der Waals surface area contributed by atoms with Crippen molar-refractivity contribution in [3.05, 3.63) is 48.2 Å². The van der Waals surface area contributed by atoms with Crippen LogP contribution in [0.25, 0.3) is 5.82 Å². The van der Waals surface area contributed by atoms with Crippen LogP contribution in [0.4, 0.5) is 19.0 Å². The third-order valence-corrected chi connectivity index (χ3v) is 9.65. The minimum absolute atomic E-state index is 0.0402. The molecule has 12 nitrogen and oxygen atoms in total. The lowest BCUT2D eigenvalue weighted by atomic mass is 9.93. The zero-order chi connectivity index (χ0) is 32.0. The van der Waals surface area contributed by atoms with Gasteiger partial charge in [-0.3, -0.25) is 4.79 Å². The average molecular weight is 650 g/mol. The van der Waals surface area contributed by atoms with Crippen LogP contribution in [0, 0.1) is 5.92 Å². The van der Waals surface area contributed by atoms with E-state index in [2.05, 4.69) is 14.8 Å². The number of halogens is 3. The monoisotopic (exact) mass is 649 g/mol. The number of aromatic nitrogens is 4. The van der Waals surface area contributed by atoms with Crippen LogP contribution in [0.3, 0.4) is 0 Å². The second-order valence-electron chi connectivity index (χ2n) is 12.4. The number of nitrogens with zero attached hydrogens (tertiary/aromatic N) is 5. The van der Waals surface area contributed by atoms with Gasteiger partial charge in [0.25, 0.3) is 15.9 Å². The summed E-state index contributed by atoms with van der Waals surface area (Å²) >= 11 is 0. The second kappa shape index (κ2) is 11.5. The van der Waals surface area contributed by atoms with Gasteiger partial charge >= 0.3 is 6.30 Å². The Labute approximate surface area is 258 Å². The molecular weight excluding hydrogens is 615 g/mol. The van der Waals surface area contributed by atoms with Crippen molar-refractivity contribution in [1.29, 1.82) is 0 Å². The molecule has 3 aromatic heterocycles. The lowest BCUT2D eigenvalue weighted by Crippen LogP contribution is -2.43. The Balaban J connectivity index is 1.28. The third kappa shape index (κ3) is 7.01. The van der Waals surface area contributed by atoms with E-state index < -0.39 is 33.3 Å². The molecule has 3 aromatic rings. The quantitative estimate of drug-likeness (QED) is 0.377. The molecule has 242 valence electrons. The van der Waals surface area contributed by atoms with Crippen molar-refractivity contribution in [3.63, 3.8) is 0 Å². The van der Waals surface area contributed by atoms with Crippen LogP contribution < -0.4 is 24.4 Å². The molecule has 2 aliphatic heterocycles. The van der Waals surface area contributed by atoms with E-state index in [1.807, 2.05) is 18.7 Å². The molecule has 0 radical (unpaired) electrons. The number of amides is 1. The number of carbonyl (C=O) groups excluding carboxylic acids is 1. The molecule has 45 heavy (non-hydrogen) atoms. The van der Waals surface area contributed by atoms with E-state index in [4.69, 9.17) is 14.5 Å². The Hall–Kier alpha value is -3.92. The van der Waals surface area contributed by atoms with Gasteiger partial charge in [0.1, 0.15) is 5.82 Å². The largest absolute Gasteiger partial charge is 0.478 e. The summed E-state index contributed by atoms with van der Waals surface area (Å²) in [5.41, 5.74) is -1.34. The van der Waals surface area contributed by atoms with E-state index in [0.717, 1.165) is 19.3 Å². The van der Waals surface area contributed by atoms with Gasteiger partial charge in [-0.15, -0.1) is 5.10 Å². The van der Waals surface area contributed by atoms with Crippen LogP contribution >= 0.6 is 0 Å². The Morgan fingerprint density at radius 1 is 1.16 bits per heavy atom. The molecule has 2 fully saturated rings. The van der Waals surface area contributed by atoms with Gasteiger partial charge in [0.05, 0.1) is 18.8 Å². The summed E-state index contributed by atoms with van der Waals surface area (Å²) in [5, 5.41) is 5.76. The van der Waals surface area contributed by atoms with Crippen molar-refractivity contribution in [1.82, 2.24) is 29.8 Å². The third-order valence-electron chi connectivity index (χ3n) is 8.42. The summed E-state index contributed by atoms with van der Waals surface area (Å²) in [6.07, 6.45) is 0.544. The number of rotatable bonds is 6. The predicted octanol–water partition coefficient (Wildman–Crippen LogP) is 3.97. The number of hydrogen-bond acceptors (Lipinski definition) is 10. The fourth-order valence-corrected chi connectivity index (χ4v) is 6.98. The van der Waals surface area contributed by atoms with Crippen molar-refractivity contribution < 1.29 is 35.9 Å². The average Bonchev–Trinajstić information content (AvgIpc) is 3.39. The van der Waals surface area contributed by atoms with Crippen LogP contribution in [-0.2, 0) is 10.0 Å². The molecule has 5 heterocycles. The summed E-state index contributed by atoms with van der Waals surface area (Å²) in [6.45, 7) is 5.09. The summed E-state index contributed by atoms with van der Waals surface area (Å²) < 4.78 is 79.6. The molecular formula is C29H34F3N7O5S. The number of carbonyl (C=O) groups is 1. The molecule has 0 aromatic carbocycles. The summed E-state index contributed by atoms with van der Waals surface area (Å²) in [6, 6.07) is 8.97. The minimum atomic E-state index is -4.45. The van der Waals surface area contributed by atoms with Gasteiger partial charge in [0.2, 0.25) is 11.8 Å². The molecule has 1 unspecified atom stereocenters. The standard InChI is InChI=1S/C29H34F3N7O5S/c1-27(2)17-19-5-4-15-43-22-6-3-7-24(34-22)45(41,42)36-26(40)20-8-9-21(33-25(20)38(27)18-19)39-14-10-23(35-39)44-16-13-28(11-12-28)37-29(30,31)32/h3,6-10,14,19,37H,4-5,11-13,15-18H2,1-2H3,(H,36,40). The number of fused-ring (bicyclic) bond motifs is 6. The highest BCUT2D eigenvalue weighted by atomic mass is 32.2. The van der Waals surface area contributed by atoms with Gasteiger partial charge in [0.15, 0.2) is 10.8 Å². The van der Waals surface area contributed by atoms with E-state index in [1.54, 1.807) is 23.6 Å². The highest BCUT2D eigenvalue weighted by Crippen LogP contribution is 2.42. The highest BCUT2D eigenvalue weighted by molar-refractivity contribution is 7.90. The lowest BCUT2D eigenvalue weighted by molar-refractivity contribution is -0.167. The first-order valence-corrected chi connectivity index (χ1v) is 16.2. The Morgan fingerprint density at radius 2 is 1.96 bits per heavy atom. The summed E-state index contributed by atoms with van der Waals surface area (Å²) in [4.78, 5) is 24.4. The fourth-order valence-electron chi connectivity index (χ4n) is 6.06. The maximum absolute atomic E-state index is 13.5. The Bertz CT molecular complexity index is 1690. The molecule has 6 rings (SSSR count). The molecule has 1 atom stereocenters. The number of alkyl halides is 3. The van der Waals surface area contributed by atoms with E-state index in [0.29, 0.717) is 37.6 Å². The predicted molar refractivity (Wildman–Crippen MR) is 156 cm³/mol. The first-order valence-electron chi connectivity index (χ1n) is 14.7. The normalized spacial score (nSPS) is 21.9. The molecule has 1 saturated heterocycles. The first-order chi connectivity index (χ1) is 21.2. The lowest BCUT2D eigenvalue weighted by Gasteiger charge is -2.34. The minimum Gasteiger partial charge on any atom is -0.478 e. The van der Waals surface area contributed by atoms with Gasteiger partial charge in [-0.25, -0.2) is 19.7 Å². The second-order valence-corrected chi connectivity index (χ2v) is 14.0. The van der Waals surface area contributed by atoms with E-state index >= 15 is 0 Å². The van der Waals surface area contributed by atoms with Crippen molar-refractivity contribution in [2.45, 2.75) is 74.8 Å². The summed E-state index contributed by atoms with van der Waals surface area (Å²) in [5.74, 6) is 0.414. The van der Waals surface area contributed by atoms with Crippen LogP contribution in [0.2, 0.25) is 0 Å². The molecule has 0 spiro atoms. The maximum Gasteiger partial charge on any atom is 0.457 e. The zero-order valence-electron chi connectivity index (χ0n) is 24.8. The Kier molecular flexibility index (Phi) is 7.92. The highest BCUT2D eigenvalue weighted by Gasteiger charge is 2.49. The molecule has 1 amide bonds. The number of pyridine rings is 2. The van der Waals surface area contributed by atoms with Crippen molar-refractivity contribution >= 4 is 21.7 Å². The van der Waals surface area contributed by atoms with Gasteiger partial charge in [0, 0.05) is 36.0 Å². The number of anilines is 1. The van der Waals surface area contributed by atoms with Crippen LogP contribution in [0.5, 0.6) is 11.8 Å². The molecule has 1 saturated carbocycles. The van der Waals surface area contributed by atoms with Crippen molar-refractivity contribution in [2.75, 3.05) is 24.7 Å². The smallest absolute Gasteiger partial charge is 0.457 e. The number of sulfonamides is 1. The summed E-state index contributed by atoms with van der Waals surface area (Å²) in [7, 11) is -4.34. The first kappa shape index (κ1) is 31.1. The van der Waals surface area contributed by atoms with Gasteiger partial charge < -0.3 is 14.4 Å². The number of ether oxygens (including phenoxy) is 2. The molecule has 2 N–H and O–H groups in total. The molecule has 16 heteroatoms. The van der Waals surface area contributed by atoms with Gasteiger partial charge in [-0.2, -0.15) is 26.6 Å². The molecule has 4 bridgehead atoms. The molecule has 3 aliphatic rings. The molecule has 1 aliphatic carbocycles. The number of nitrogens with one attached hydrogen (secondary N) is 2. The van der Waals surface area contributed by atoms with Crippen LogP contribution in [0.15, 0.2) is 47.6 Å². The number of hydrogen-bond donors (Lipinski definition) is 2. The van der Waals surface area contributed by atoms with Gasteiger partial charge in [-0.1, -0.05) is 6.07 Å². The van der Waals surface area contributed by atoms with E-state index in [9.17, 15) is 26.4 Å². The van der Waals surface area contributed by atoms with Crippen molar-refractivity contribution in [2.24, 2.45) is 5.92 Å². The van der Waals surface area contributed by atoms with E-state index in [-0.39, 0.29) is 41.3 Å². The Morgan fingerprint density at radius 3 is 2.71 bits per heavy atom. The van der Waals surface area contributed by atoms with E-state index in [1.165, 1.54) is 28.9 Å². The van der Waals surface area contributed by atoms with Crippen LogP contribution in [0.1, 0.15) is 62.7 Å². The zero-order valence-corrected chi connectivity index (χ0v) is 25.6.